The summed E-state index contributed by atoms with van der Waals surface area (Å²) >= 11 is 3.31. The zero-order chi connectivity index (χ0) is 12.3. The molecule has 1 aromatic rings. The van der Waals surface area contributed by atoms with E-state index < -0.39 is 0 Å². The number of piperidine rings is 1. The third-order valence-electron chi connectivity index (χ3n) is 2.54. The summed E-state index contributed by atoms with van der Waals surface area (Å²) in [6.07, 6.45) is 2.57. The van der Waals surface area contributed by atoms with Gasteiger partial charge in [0.15, 0.2) is 0 Å². The van der Waals surface area contributed by atoms with E-state index in [1.807, 2.05) is 12.1 Å². The molecule has 5 nitrogen and oxygen atoms in total. The molecule has 90 valence electrons. The minimum absolute atomic E-state index is 0.208. The Morgan fingerprint density at radius 1 is 1.47 bits per heavy atom. The van der Waals surface area contributed by atoms with Crippen LogP contribution in [-0.2, 0) is 14.9 Å². The van der Waals surface area contributed by atoms with Crippen molar-refractivity contribution >= 4 is 33.4 Å². The number of amides is 2. The van der Waals surface area contributed by atoms with Gasteiger partial charge in [-0.15, -0.1) is 0 Å². The number of aromatic nitrogens is 1. The van der Waals surface area contributed by atoms with Gasteiger partial charge < -0.3 is 5.32 Å². The third kappa shape index (κ3) is 3.03. The number of carbonyl (C=O) groups is 2. The Morgan fingerprint density at radius 3 is 2.88 bits per heavy atom. The molecule has 1 saturated heterocycles. The molecule has 0 aliphatic carbocycles. The molecule has 0 aromatic carbocycles. The first-order chi connectivity index (χ1) is 8.19. The first-order valence-corrected chi connectivity index (χ1v) is 6.42. The van der Waals surface area contributed by atoms with Crippen molar-refractivity contribution in [3.63, 3.8) is 0 Å². The van der Waals surface area contributed by atoms with Crippen LogP contribution in [0.15, 0.2) is 18.3 Å². The summed E-state index contributed by atoms with van der Waals surface area (Å²) in [5, 5.41) is 6.06. The van der Waals surface area contributed by atoms with E-state index in [4.69, 9.17) is 0 Å². The van der Waals surface area contributed by atoms with Crippen LogP contribution in [0.2, 0.25) is 0 Å². The summed E-state index contributed by atoms with van der Waals surface area (Å²) < 4.78 is 0. The third-order valence-corrected chi connectivity index (χ3v) is 3.12. The number of carbonyl (C=O) groups excluding carboxylic acids is 2. The van der Waals surface area contributed by atoms with Gasteiger partial charge in [0.05, 0.1) is 17.6 Å². The van der Waals surface area contributed by atoms with E-state index >= 15 is 0 Å². The molecule has 1 unspecified atom stereocenters. The van der Waals surface area contributed by atoms with Crippen LogP contribution in [0.1, 0.15) is 18.5 Å². The molecule has 1 aliphatic heterocycles. The van der Waals surface area contributed by atoms with Crippen LogP contribution in [0.25, 0.3) is 0 Å². The van der Waals surface area contributed by atoms with Crippen molar-refractivity contribution < 1.29 is 9.59 Å². The van der Waals surface area contributed by atoms with Crippen molar-refractivity contribution in [1.29, 1.82) is 0 Å². The van der Waals surface area contributed by atoms with Crippen LogP contribution in [0.4, 0.5) is 5.69 Å². The number of nitrogens with one attached hydrogen (secondary N) is 2. The summed E-state index contributed by atoms with van der Waals surface area (Å²) in [7, 11) is 0. The predicted molar refractivity (Wildman–Crippen MR) is 66.7 cm³/mol. The highest BCUT2D eigenvalue weighted by Gasteiger charge is 2.26. The second-order valence-corrected chi connectivity index (χ2v) is 4.38. The predicted octanol–water partition coefficient (Wildman–Crippen LogP) is 1.19. The van der Waals surface area contributed by atoms with E-state index in [2.05, 4.69) is 31.5 Å². The smallest absolute Gasteiger partial charge is 0.249 e. The van der Waals surface area contributed by atoms with Crippen LogP contribution in [-0.4, -0.2) is 22.8 Å². The van der Waals surface area contributed by atoms with Gasteiger partial charge in [-0.05, 0) is 18.6 Å². The van der Waals surface area contributed by atoms with Crippen LogP contribution in [0.5, 0.6) is 0 Å². The zero-order valence-corrected chi connectivity index (χ0v) is 10.7. The molecule has 1 atom stereocenters. The zero-order valence-electron chi connectivity index (χ0n) is 9.07. The highest BCUT2D eigenvalue weighted by atomic mass is 79.9. The normalized spacial score (nSPS) is 19.9. The van der Waals surface area contributed by atoms with Gasteiger partial charge in [0.25, 0.3) is 0 Å². The average molecular weight is 298 g/mol. The minimum Gasteiger partial charge on any atom is -0.372 e. The molecule has 2 amide bonds. The van der Waals surface area contributed by atoms with E-state index in [9.17, 15) is 9.59 Å². The van der Waals surface area contributed by atoms with Crippen molar-refractivity contribution in [2.75, 3.05) is 5.32 Å². The first-order valence-electron chi connectivity index (χ1n) is 5.30. The number of hydrogen-bond donors (Lipinski definition) is 2. The van der Waals surface area contributed by atoms with Gasteiger partial charge in [0, 0.05) is 11.8 Å². The van der Waals surface area contributed by atoms with Crippen LogP contribution in [0.3, 0.4) is 0 Å². The molecule has 2 rings (SSSR count). The lowest BCUT2D eigenvalue weighted by atomic mass is 10.1. The number of nitrogens with zero attached hydrogens (tertiary/aromatic N) is 1. The molecule has 0 saturated carbocycles. The maximum absolute atomic E-state index is 11.5. The Kier molecular flexibility index (Phi) is 3.73. The van der Waals surface area contributed by atoms with E-state index in [0.29, 0.717) is 18.2 Å². The van der Waals surface area contributed by atoms with E-state index in [-0.39, 0.29) is 17.9 Å². The van der Waals surface area contributed by atoms with Crippen molar-refractivity contribution in [3.8, 4) is 0 Å². The SMILES string of the molecule is O=C1CCC(Nc2ccc(CBr)nc2)C(=O)N1. The number of pyridine rings is 1. The number of imide groups is 1. The Morgan fingerprint density at radius 2 is 2.29 bits per heavy atom. The molecule has 1 aromatic heterocycles. The van der Waals surface area contributed by atoms with Gasteiger partial charge in [-0.25, -0.2) is 0 Å². The Bertz CT molecular complexity index is 433. The van der Waals surface area contributed by atoms with E-state index in [0.717, 1.165) is 11.4 Å². The Balaban J connectivity index is 2.00. The van der Waals surface area contributed by atoms with Crippen molar-refractivity contribution in [2.24, 2.45) is 0 Å². The topological polar surface area (TPSA) is 71.1 Å². The maximum atomic E-state index is 11.5. The van der Waals surface area contributed by atoms with Crippen molar-refractivity contribution in [1.82, 2.24) is 10.3 Å². The van der Waals surface area contributed by atoms with Gasteiger partial charge in [0.1, 0.15) is 6.04 Å². The first kappa shape index (κ1) is 12.0. The molecule has 1 fully saturated rings. The highest BCUT2D eigenvalue weighted by Crippen LogP contribution is 2.13. The fourth-order valence-corrected chi connectivity index (χ4v) is 1.95. The van der Waals surface area contributed by atoms with Crippen molar-refractivity contribution in [2.45, 2.75) is 24.2 Å². The Hall–Kier alpha value is -1.43. The largest absolute Gasteiger partial charge is 0.372 e. The summed E-state index contributed by atoms with van der Waals surface area (Å²) in [6.45, 7) is 0. The second-order valence-electron chi connectivity index (χ2n) is 3.82. The summed E-state index contributed by atoms with van der Waals surface area (Å²) in [6, 6.07) is 3.39. The van der Waals surface area contributed by atoms with Gasteiger partial charge in [0.2, 0.25) is 11.8 Å². The lowest BCUT2D eigenvalue weighted by Crippen LogP contribution is -2.47. The number of hydrogen-bond acceptors (Lipinski definition) is 4. The molecule has 0 radical (unpaired) electrons. The number of anilines is 1. The fourth-order valence-electron chi connectivity index (χ4n) is 1.62. The molecular weight excluding hydrogens is 286 g/mol. The Labute approximate surface area is 107 Å². The quantitative estimate of drug-likeness (QED) is 0.649. The second kappa shape index (κ2) is 5.27. The van der Waals surface area contributed by atoms with Gasteiger partial charge in [-0.3, -0.25) is 19.9 Å². The monoisotopic (exact) mass is 297 g/mol. The molecular formula is C11H12BrN3O2. The van der Waals surface area contributed by atoms with Crippen LogP contribution in [0, 0.1) is 0 Å². The molecule has 6 heteroatoms. The number of halogens is 1. The molecule has 2 heterocycles. The van der Waals surface area contributed by atoms with Gasteiger partial charge >= 0.3 is 0 Å². The fraction of sp³-hybridized carbons (Fsp3) is 0.364. The highest BCUT2D eigenvalue weighted by molar-refractivity contribution is 9.08. The van der Waals surface area contributed by atoms with Crippen LogP contribution >= 0.6 is 15.9 Å². The molecule has 17 heavy (non-hydrogen) atoms. The lowest BCUT2D eigenvalue weighted by molar-refractivity contribution is -0.133. The lowest BCUT2D eigenvalue weighted by Gasteiger charge is -2.22. The molecule has 1 aliphatic rings. The molecule has 0 spiro atoms. The summed E-state index contributed by atoms with van der Waals surface area (Å²) in [5.74, 6) is -0.480. The summed E-state index contributed by atoms with van der Waals surface area (Å²) in [4.78, 5) is 26.7. The molecule has 2 N–H and O–H groups in total. The summed E-state index contributed by atoms with van der Waals surface area (Å²) in [5.41, 5.74) is 1.71. The van der Waals surface area contributed by atoms with Gasteiger partial charge in [-0.1, -0.05) is 15.9 Å². The number of rotatable bonds is 3. The van der Waals surface area contributed by atoms with E-state index in [1.54, 1.807) is 6.20 Å². The van der Waals surface area contributed by atoms with Crippen molar-refractivity contribution in [3.05, 3.63) is 24.0 Å². The maximum Gasteiger partial charge on any atom is 0.249 e. The van der Waals surface area contributed by atoms with Crippen LogP contribution < -0.4 is 10.6 Å². The number of alkyl halides is 1. The molecule has 0 bridgehead atoms. The average Bonchev–Trinajstić information content (AvgIpc) is 2.34. The standard InChI is InChI=1S/C11H12BrN3O2/c12-5-7-1-2-8(6-13-7)14-9-3-4-10(16)15-11(9)17/h1-2,6,9,14H,3-5H2,(H,15,16,17). The van der Waals surface area contributed by atoms with Gasteiger partial charge in [-0.2, -0.15) is 0 Å². The van der Waals surface area contributed by atoms with E-state index in [1.165, 1.54) is 0 Å². The minimum atomic E-state index is -0.357.